The Morgan fingerprint density at radius 3 is 2.10 bits per heavy atom. The first kappa shape index (κ1) is 27.7. The van der Waals surface area contributed by atoms with Crippen molar-refractivity contribution < 1.29 is 17.5 Å². The molecular weight excluding hydrogens is 531 g/mol. The number of imidazole rings is 1. The van der Waals surface area contributed by atoms with Gasteiger partial charge >= 0.3 is 5.69 Å². The van der Waals surface area contributed by atoms with Gasteiger partial charge in [0.25, 0.3) is 0 Å². The number of ether oxygens (including phenoxy) is 1. The van der Waals surface area contributed by atoms with Crippen molar-refractivity contribution in [2.24, 2.45) is 0 Å². The fourth-order valence-electron chi connectivity index (χ4n) is 5.11. The van der Waals surface area contributed by atoms with Gasteiger partial charge in [-0.15, -0.1) is 0 Å². The van der Waals surface area contributed by atoms with Crippen molar-refractivity contribution in [3.8, 4) is 17.2 Å². The summed E-state index contributed by atoms with van der Waals surface area (Å²) in [6, 6.07) is 20.9. The van der Waals surface area contributed by atoms with Gasteiger partial charge < -0.3 is 4.74 Å². The average molecular weight is 565 g/mol. The summed E-state index contributed by atoms with van der Waals surface area (Å²) in [5, 5.41) is 0. The van der Waals surface area contributed by atoms with E-state index in [-0.39, 0.29) is 17.5 Å². The van der Waals surface area contributed by atoms with Crippen molar-refractivity contribution in [2.75, 3.05) is 24.1 Å². The Hall–Kier alpha value is -3.89. The number of anilines is 1. The van der Waals surface area contributed by atoms with Gasteiger partial charge in [-0.3, -0.25) is 18.8 Å². The van der Waals surface area contributed by atoms with E-state index in [0.29, 0.717) is 29.3 Å². The summed E-state index contributed by atoms with van der Waals surface area (Å²) in [5.41, 5.74) is 3.19. The lowest BCUT2D eigenvalue weighted by Crippen LogP contribution is -2.37. The van der Waals surface area contributed by atoms with Gasteiger partial charge in [0.15, 0.2) is 0 Å². The molecule has 40 heavy (non-hydrogen) atoms. The van der Waals surface area contributed by atoms with Gasteiger partial charge in [-0.05, 0) is 85.5 Å². The molecule has 1 fully saturated rings. The van der Waals surface area contributed by atoms with Crippen LogP contribution < -0.4 is 15.1 Å². The number of nitrogens with zero attached hydrogens (tertiary/aromatic N) is 3. The molecule has 0 unspecified atom stereocenters. The van der Waals surface area contributed by atoms with E-state index < -0.39 is 10.0 Å². The number of halogens is 1. The third kappa shape index (κ3) is 6.63. The molecule has 0 saturated carbocycles. The van der Waals surface area contributed by atoms with Crippen LogP contribution >= 0.6 is 0 Å². The number of rotatable bonds is 9. The van der Waals surface area contributed by atoms with Crippen LogP contribution in [0.5, 0.6) is 11.5 Å². The zero-order valence-electron chi connectivity index (χ0n) is 22.6. The Labute approximate surface area is 233 Å². The largest absolute Gasteiger partial charge is 0.457 e. The van der Waals surface area contributed by atoms with Crippen molar-refractivity contribution >= 4 is 15.7 Å². The van der Waals surface area contributed by atoms with Crippen molar-refractivity contribution in [1.82, 2.24) is 14.0 Å². The molecule has 1 aromatic heterocycles. The first-order valence-corrected chi connectivity index (χ1v) is 15.2. The predicted molar refractivity (Wildman–Crippen MR) is 154 cm³/mol. The van der Waals surface area contributed by atoms with Crippen LogP contribution in [0.3, 0.4) is 0 Å². The summed E-state index contributed by atoms with van der Waals surface area (Å²) in [6.07, 6.45) is 5.54. The third-order valence-electron chi connectivity index (χ3n) is 7.11. The minimum Gasteiger partial charge on any atom is -0.457 e. The lowest BCUT2D eigenvalue weighted by molar-refractivity contribution is 0.178. The molecule has 8 nitrogen and oxygen atoms in total. The third-order valence-corrected chi connectivity index (χ3v) is 7.71. The molecule has 0 radical (unpaired) electrons. The van der Waals surface area contributed by atoms with E-state index >= 15 is 0 Å². The van der Waals surface area contributed by atoms with E-state index in [1.54, 1.807) is 41.0 Å². The highest BCUT2D eigenvalue weighted by Crippen LogP contribution is 2.26. The number of sulfonamides is 1. The van der Waals surface area contributed by atoms with E-state index in [9.17, 15) is 17.6 Å². The number of piperidine rings is 1. The molecule has 1 aliphatic heterocycles. The number of aromatic nitrogens is 2. The quantitative estimate of drug-likeness (QED) is 0.297. The smallest absolute Gasteiger partial charge is 0.333 e. The summed E-state index contributed by atoms with van der Waals surface area (Å²) in [6.45, 7) is 4.59. The van der Waals surface area contributed by atoms with Crippen molar-refractivity contribution in [3.05, 3.63) is 107 Å². The first-order valence-electron chi connectivity index (χ1n) is 13.3. The average Bonchev–Trinajstić information content (AvgIpc) is 3.27. The van der Waals surface area contributed by atoms with Crippen LogP contribution in [0.15, 0.2) is 83.8 Å². The van der Waals surface area contributed by atoms with E-state index in [1.165, 1.54) is 17.7 Å². The van der Waals surface area contributed by atoms with Crippen LogP contribution in [0, 0.1) is 5.82 Å². The zero-order valence-corrected chi connectivity index (χ0v) is 23.4. The molecule has 10 heteroatoms. The number of hydrogen-bond donors (Lipinski definition) is 1. The van der Waals surface area contributed by atoms with Gasteiger partial charge in [0, 0.05) is 43.3 Å². The standard InChI is InChI=1S/C30H33FN4O4S/c1-3-25-21-34(30(36)35(25)27-10-6-23(31)7-11-27)26-16-18-33(19-17-26)20-22-4-12-28(13-5-22)39-29-14-8-24(9-15-29)32-40(2,37)38/h4-15,21,26,32H,3,16-20H2,1-2H3. The molecule has 1 saturated heterocycles. The summed E-state index contributed by atoms with van der Waals surface area (Å²) in [7, 11) is -3.32. The number of nitrogens with one attached hydrogen (secondary N) is 1. The monoisotopic (exact) mass is 564 g/mol. The van der Waals surface area contributed by atoms with Gasteiger partial charge in [-0.1, -0.05) is 19.1 Å². The number of benzene rings is 3. The minimum atomic E-state index is -3.32. The van der Waals surface area contributed by atoms with Crippen molar-refractivity contribution in [1.29, 1.82) is 0 Å². The van der Waals surface area contributed by atoms with Gasteiger partial charge in [0.05, 0.1) is 11.9 Å². The molecule has 210 valence electrons. The molecular formula is C30H33FN4O4S. The Morgan fingerprint density at radius 1 is 0.925 bits per heavy atom. The van der Waals surface area contributed by atoms with Crippen LogP contribution in [0.1, 0.15) is 37.1 Å². The van der Waals surface area contributed by atoms with Gasteiger partial charge in [-0.25, -0.2) is 17.6 Å². The maximum atomic E-state index is 13.4. The lowest BCUT2D eigenvalue weighted by atomic mass is 10.0. The number of aryl methyl sites for hydroxylation is 1. The van der Waals surface area contributed by atoms with Crippen LogP contribution in [0.2, 0.25) is 0 Å². The van der Waals surface area contributed by atoms with E-state index in [2.05, 4.69) is 9.62 Å². The topological polar surface area (TPSA) is 85.6 Å². The Balaban J connectivity index is 1.17. The number of likely N-dealkylation sites (tertiary alicyclic amines) is 1. The molecule has 5 rings (SSSR count). The molecule has 0 spiro atoms. The van der Waals surface area contributed by atoms with Crippen molar-refractivity contribution in [2.45, 2.75) is 38.8 Å². The van der Waals surface area contributed by atoms with E-state index in [4.69, 9.17) is 4.74 Å². The van der Waals surface area contributed by atoms with Crippen molar-refractivity contribution in [3.63, 3.8) is 0 Å². The molecule has 3 aromatic carbocycles. The van der Waals surface area contributed by atoms with E-state index in [1.807, 2.05) is 42.0 Å². The second kappa shape index (κ2) is 11.7. The number of hydrogen-bond acceptors (Lipinski definition) is 5. The molecule has 0 amide bonds. The summed E-state index contributed by atoms with van der Waals surface area (Å²) in [5.74, 6) is 0.992. The van der Waals surface area contributed by atoms with E-state index in [0.717, 1.165) is 44.4 Å². The normalized spacial score (nSPS) is 14.8. The van der Waals surface area contributed by atoms with Crippen LogP contribution in [0.25, 0.3) is 5.69 Å². The molecule has 1 aliphatic rings. The SMILES string of the molecule is CCc1cn(C2CCN(Cc3ccc(Oc4ccc(NS(C)(=O)=O)cc4)cc3)CC2)c(=O)n1-c1ccc(F)cc1. The molecule has 4 aromatic rings. The summed E-state index contributed by atoms with van der Waals surface area (Å²) in [4.78, 5) is 15.7. The lowest BCUT2D eigenvalue weighted by Gasteiger charge is -2.32. The second-order valence-corrected chi connectivity index (χ2v) is 11.9. The maximum absolute atomic E-state index is 13.4. The Bertz CT molecular complexity index is 1600. The summed E-state index contributed by atoms with van der Waals surface area (Å²) < 4.78 is 48.0. The molecule has 2 heterocycles. The highest BCUT2D eigenvalue weighted by atomic mass is 32.2. The predicted octanol–water partition coefficient (Wildman–Crippen LogP) is 5.34. The van der Waals surface area contributed by atoms with Crippen LogP contribution in [-0.2, 0) is 23.0 Å². The second-order valence-electron chi connectivity index (χ2n) is 10.1. The molecule has 0 aliphatic carbocycles. The highest BCUT2D eigenvalue weighted by molar-refractivity contribution is 7.92. The molecule has 1 N–H and O–H groups in total. The minimum absolute atomic E-state index is 0.0706. The van der Waals surface area contributed by atoms with Gasteiger partial charge in [0.1, 0.15) is 17.3 Å². The van der Waals surface area contributed by atoms with Gasteiger partial charge in [-0.2, -0.15) is 0 Å². The van der Waals surface area contributed by atoms with Gasteiger partial charge in [0.2, 0.25) is 10.0 Å². The fourth-order valence-corrected chi connectivity index (χ4v) is 5.67. The fraction of sp³-hybridized carbons (Fsp3) is 0.300. The van der Waals surface area contributed by atoms with Crippen LogP contribution in [-0.4, -0.2) is 41.8 Å². The molecule has 0 bridgehead atoms. The maximum Gasteiger partial charge on any atom is 0.333 e. The first-order chi connectivity index (χ1) is 19.2. The highest BCUT2D eigenvalue weighted by Gasteiger charge is 2.24. The summed E-state index contributed by atoms with van der Waals surface area (Å²) >= 11 is 0. The Kier molecular flexibility index (Phi) is 8.09. The zero-order chi connectivity index (χ0) is 28.3. The molecule has 0 atom stereocenters. The van der Waals surface area contributed by atoms with Crippen LogP contribution in [0.4, 0.5) is 10.1 Å². The Morgan fingerprint density at radius 2 is 1.52 bits per heavy atom.